The predicted molar refractivity (Wildman–Crippen MR) is 83.2 cm³/mol. The van der Waals surface area contributed by atoms with E-state index in [4.69, 9.17) is 9.47 Å². The monoisotopic (exact) mass is 317 g/mol. The molecule has 6 nitrogen and oxygen atoms in total. The van der Waals surface area contributed by atoms with Crippen LogP contribution in [0, 0.1) is 0 Å². The number of likely N-dealkylation sites (tertiary alicyclic amines) is 1. The lowest BCUT2D eigenvalue weighted by atomic mass is 10.2. The zero-order valence-electron chi connectivity index (χ0n) is 13.1. The van der Waals surface area contributed by atoms with Crippen molar-refractivity contribution < 1.29 is 23.9 Å². The molecule has 0 spiro atoms. The number of benzene rings is 1. The number of hydrogen-bond donors (Lipinski definition) is 0. The van der Waals surface area contributed by atoms with Gasteiger partial charge in [-0.15, -0.1) is 0 Å². The van der Waals surface area contributed by atoms with E-state index >= 15 is 0 Å². The number of nitrogens with zero attached hydrogens (tertiary/aromatic N) is 1. The summed E-state index contributed by atoms with van der Waals surface area (Å²) in [5.74, 6) is -1.16. The van der Waals surface area contributed by atoms with Gasteiger partial charge in [0.15, 0.2) is 12.2 Å². The van der Waals surface area contributed by atoms with E-state index in [2.05, 4.69) is 0 Å². The van der Waals surface area contributed by atoms with E-state index < -0.39 is 24.1 Å². The van der Waals surface area contributed by atoms with Gasteiger partial charge in [0, 0.05) is 19.9 Å². The molecule has 2 rings (SSSR count). The topological polar surface area (TPSA) is 72.9 Å². The molecule has 1 aromatic rings. The summed E-state index contributed by atoms with van der Waals surface area (Å²) in [7, 11) is 0. The van der Waals surface area contributed by atoms with Gasteiger partial charge in [-0.1, -0.05) is 30.3 Å². The van der Waals surface area contributed by atoms with E-state index in [1.54, 1.807) is 6.08 Å². The minimum Gasteiger partial charge on any atom is -0.457 e. The molecular formula is C17H19NO5. The number of rotatable bonds is 4. The quantitative estimate of drug-likeness (QED) is 0.620. The molecule has 122 valence electrons. The second-order valence-electron chi connectivity index (χ2n) is 5.28. The second-order valence-corrected chi connectivity index (χ2v) is 5.28. The highest BCUT2D eigenvalue weighted by atomic mass is 16.6. The second kappa shape index (κ2) is 7.58. The van der Waals surface area contributed by atoms with E-state index in [9.17, 15) is 14.4 Å². The fourth-order valence-corrected chi connectivity index (χ4v) is 2.41. The number of carbonyl (C=O) groups excluding carboxylic acids is 3. The van der Waals surface area contributed by atoms with Crippen molar-refractivity contribution in [3.8, 4) is 0 Å². The highest BCUT2D eigenvalue weighted by Crippen LogP contribution is 2.18. The Bertz CT molecular complexity index is 587. The first-order chi connectivity index (χ1) is 11.0. The summed E-state index contributed by atoms with van der Waals surface area (Å²) >= 11 is 0. The molecular weight excluding hydrogens is 298 g/mol. The minimum absolute atomic E-state index is 0.204. The molecule has 1 aliphatic heterocycles. The zero-order valence-corrected chi connectivity index (χ0v) is 13.1. The van der Waals surface area contributed by atoms with E-state index in [1.165, 1.54) is 24.8 Å². The van der Waals surface area contributed by atoms with Gasteiger partial charge in [-0.05, 0) is 11.6 Å². The van der Waals surface area contributed by atoms with Gasteiger partial charge >= 0.3 is 11.9 Å². The van der Waals surface area contributed by atoms with Crippen LogP contribution in [0.15, 0.2) is 36.4 Å². The first-order valence-electron chi connectivity index (χ1n) is 7.32. The highest BCUT2D eigenvalue weighted by molar-refractivity contribution is 5.92. The third-order valence-electron chi connectivity index (χ3n) is 3.38. The Morgan fingerprint density at radius 3 is 2.00 bits per heavy atom. The summed E-state index contributed by atoms with van der Waals surface area (Å²) in [6, 6.07) is 9.43. The minimum atomic E-state index is -0.634. The third kappa shape index (κ3) is 4.95. The molecule has 6 heteroatoms. The molecule has 1 aliphatic rings. The van der Waals surface area contributed by atoms with Crippen LogP contribution in [0.25, 0.3) is 6.08 Å². The van der Waals surface area contributed by atoms with Gasteiger partial charge in [0.25, 0.3) is 0 Å². The van der Waals surface area contributed by atoms with Gasteiger partial charge in [0.05, 0.1) is 13.1 Å². The van der Waals surface area contributed by atoms with Crippen LogP contribution in [0.2, 0.25) is 0 Å². The van der Waals surface area contributed by atoms with Crippen molar-refractivity contribution in [3.63, 3.8) is 0 Å². The summed E-state index contributed by atoms with van der Waals surface area (Å²) < 4.78 is 10.3. The van der Waals surface area contributed by atoms with Crippen molar-refractivity contribution in [2.45, 2.75) is 26.1 Å². The van der Waals surface area contributed by atoms with Gasteiger partial charge in [-0.25, -0.2) is 0 Å². The Kier molecular flexibility index (Phi) is 5.51. The largest absolute Gasteiger partial charge is 0.457 e. The van der Waals surface area contributed by atoms with Gasteiger partial charge in [0.1, 0.15) is 0 Å². The standard InChI is InChI=1S/C17H19NO5/c1-12(19)22-15-10-18(11-16(15)23-13(2)20)17(21)9-8-14-6-4-3-5-7-14/h3-9,15-16H,10-11H2,1-2H3/t15-,16-/m0/s1. The lowest BCUT2D eigenvalue weighted by Crippen LogP contribution is -2.32. The van der Waals surface area contributed by atoms with E-state index in [0.717, 1.165) is 5.56 Å². The van der Waals surface area contributed by atoms with Crippen LogP contribution >= 0.6 is 0 Å². The summed E-state index contributed by atoms with van der Waals surface area (Å²) in [5.41, 5.74) is 0.910. The van der Waals surface area contributed by atoms with E-state index in [0.29, 0.717) is 0 Å². The van der Waals surface area contributed by atoms with Crippen molar-refractivity contribution in [2.24, 2.45) is 0 Å². The molecule has 0 N–H and O–H groups in total. The third-order valence-corrected chi connectivity index (χ3v) is 3.38. The average Bonchev–Trinajstić information content (AvgIpc) is 2.87. The molecule has 1 aromatic carbocycles. The molecule has 2 atom stereocenters. The molecule has 0 radical (unpaired) electrons. The predicted octanol–water partition coefficient (Wildman–Crippen LogP) is 1.41. The molecule has 0 unspecified atom stereocenters. The molecule has 0 aromatic heterocycles. The lowest BCUT2D eigenvalue weighted by molar-refractivity contribution is -0.160. The normalized spacial score (nSPS) is 20.5. The van der Waals surface area contributed by atoms with Crippen molar-refractivity contribution in [3.05, 3.63) is 42.0 Å². The molecule has 1 amide bonds. The van der Waals surface area contributed by atoms with Crippen LogP contribution in [0.1, 0.15) is 19.4 Å². The van der Waals surface area contributed by atoms with Gasteiger partial charge in [0.2, 0.25) is 5.91 Å². The first-order valence-corrected chi connectivity index (χ1v) is 7.32. The summed E-state index contributed by atoms with van der Waals surface area (Å²) in [6.45, 7) is 2.97. The molecule has 0 bridgehead atoms. The number of amides is 1. The Morgan fingerprint density at radius 1 is 1.00 bits per heavy atom. The van der Waals surface area contributed by atoms with Gasteiger partial charge < -0.3 is 14.4 Å². The SMILES string of the molecule is CC(=O)O[C@H]1CN(C(=O)C=Cc2ccccc2)C[C@@H]1OC(C)=O. The first kappa shape index (κ1) is 16.7. The van der Waals surface area contributed by atoms with Crippen molar-refractivity contribution in [2.75, 3.05) is 13.1 Å². The summed E-state index contributed by atoms with van der Waals surface area (Å²) in [6.07, 6.45) is 1.90. The van der Waals surface area contributed by atoms with Crippen LogP contribution in [-0.4, -0.2) is 48.0 Å². The molecule has 1 heterocycles. The van der Waals surface area contributed by atoms with E-state index in [-0.39, 0.29) is 19.0 Å². The Labute approximate surface area is 134 Å². The number of ether oxygens (including phenoxy) is 2. The Morgan fingerprint density at radius 2 is 1.52 bits per heavy atom. The number of carbonyl (C=O) groups is 3. The van der Waals surface area contributed by atoms with E-state index in [1.807, 2.05) is 30.3 Å². The Balaban J connectivity index is 2.02. The van der Waals surface area contributed by atoms with Gasteiger partial charge in [-0.3, -0.25) is 14.4 Å². The number of esters is 2. The lowest BCUT2D eigenvalue weighted by Gasteiger charge is -2.17. The fraction of sp³-hybridized carbons (Fsp3) is 0.353. The molecule has 1 saturated heterocycles. The van der Waals surface area contributed by atoms with Gasteiger partial charge in [-0.2, -0.15) is 0 Å². The fourth-order valence-electron chi connectivity index (χ4n) is 2.41. The van der Waals surface area contributed by atoms with Crippen LogP contribution < -0.4 is 0 Å². The van der Waals surface area contributed by atoms with Crippen LogP contribution in [0.4, 0.5) is 0 Å². The maximum Gasteiger partial charge on any atom is 0.303 e. The number of hydrogen-bond acceptors (Lipinski definition) is 5. The Hall–Kier alpha value is -2.63. The maximum atomic E-state index is 12.2. The van der Waals surface area contributed by atoms with Crippen molar-refractivity contribution >= 4 is 23.9 Å². The molecule has 1 fully saturated rings. The van der Waals surface area contributed by atoms with Crippen molar-refractivity contribution in [1.82, 2.24) is 4.90 Å². The highest BCUT2D eigenvalue weighted by Gasteiger charge is 2.38. The van der Waals surface area contributed by atoms with Crippen LogP contribution in [-0.2, 0) is 23.9 Å². The molecule has 23 heavy (non-hydrogen) atoms. The van der Waals surface area contributed by atoms with Crippen LogP contribution in [0.3, 0.4) is 0 Å². The van der Waals surface area contributed by atoms with Crippen LogP contribution in [0.5, 0.6) is 0 Å². The summed E-state index contributed by atoms with van der Waals surface area (Å²) in [4.78, 5) is 36.0. The zero-order chi connectivity index (χ0) is 16.8. The summed E-state index contributed by atoms with van der Waals surface area (Å²) in [5, 5.41) is 0. The average molecular weight is 317 g/mol. The maximum absolute atomic E-state index is 12.2. The molecule has 0 saturated carbocycles. The smallest absolute Gasteiger partial charge is 0.303 e. The molecule has 0 aliphatic carbocycles. The van der Waals surface area contributed by atoms with Crippen molar-refractivity contribution in [1.29, 1.82) is 0 Å².